The van der Waals surface area contributed by atoms with Gasteiger partial charge in [-0.1, -0.05) is 45.9 Å². The molecule has 0 unspecified atom stereocenters. The topological polar surface area (TPSA) is 35.5 Å². The molecule has 0 saturated carbocycles. The van der Waals surface area contributed by atoms with Crippen LogP contribution in [0.25, 0.3) is 65.4 Å². The number of hydrogen-bond donors (Lipinski definition) is 0. The summed E-state index contributed by atoms with van der Waals surface area (Å²) in [7, 11) is 1.70. The molecule has 0 aliphatic carbocycles. The van der Waals surface area contributed by atoms with Crippen LogP contribution in [0.3, 0.4) is 0 Å². The van der Waals surface area contributed by atoms with Gasteiger partial charge in [0.25, 0.3) is 0 Å². The lowest BCUT2D eigenvalue weighted by Crippen LogP contribution is -1.95. The number of benzene rings is 5. The minimum Gasteiger partial charge on any atom is -0.497 e. The molecule has 0 fully saturated rings. The fourth-order valence-electron chi connectivity index (χ4n) is 5.61. The largest absolute Gasteiger partial charge is 0.497 e. The van der Waals surface area contributed by atoms with Crippen molar-refractivity contribution in [1.82, 2.24) is 0 Å². The normalized spacial score (nSPS) is 12.5. The average molecular weight is 473 g/mol. The summed E-state index contributed by atoms with van der Waals surface area (Å²) in [6.45, 7) is 9.05. The van der Waals surface area contributed by atoms with Crippen molar-refractivity contribution in [1.29, 1.82) is 0 Å². The Kier molecular flexibility index (Phi) is 4.45. The van der Waals surface area contributed by atoms with Gasteiger partial charge in [0.05, 0.1) is 7.11 Å². The lowest BCUT2D eigenvalue weighted by Gasteiger charge is -2.15. The third-order valence-electron chi connectivity index (χ3n) is 7.64. The van der Waals surface area contributed by atoms with Crippen molar-refractivity contribution in [3.05, 3.63) is 77.9 Å². The Hall–Kier alpha value is -3.98. The van der Waals surface area contributed by atoms with E-state index in [1.807, 2.05) is 6.07 Å². The first-order valence-corrected chi connectivity index (χ1v) is 12.7. The molecule has 0 atom stereocenters. The van der Waals surface area contributed by atoms with Gasteiger partial charge in [-0.15, -0.1) is 0 Å². The highest BCUT2D eigenvalue weighted by Crippen LogP contribution is 2.41. The Bertz CT molecular complexity index is 1980. The Morgan fingerprint density at radius 2 is 1.11 bits per heavy atom. The number of furan rings is 2. The highest BCUT2D eigenvalue weighted by Gasteiger charge is 2.17. The van der Waals surface area contributed by atoms with Crippen LogP contribution in [-0.2, 0) is 0 Å². The van der Waals surface area contributed by atoms with Crippen molar-refractivity contribution in [2.45, 2.75) is 39.5 Å². The highest BCUT2D eigenvalue weighted by atomic mass is 16.5. The van der Waals surface area contributed by atoms with Crippen LogP contribution in [0.1, 0.15) is 50.7 Å². The number of fused-ring (bicyclic) bond motifs is 8. The molecule has 7 rings (SSSR count). The number of hydrogen-bond acceptors (Lipinski definition) is 3. The summed E-state index contributed by atoms with van der Waals surface area (Å²) < 4.78 is 18.3. The molecular formula is C33H28O3. The number of rotatable bonds is 3. The molecule has 0 aliphatic heterocycles. The fourth-order valence-corrected chi connectivity index (χ4v) is 5.61. The monoisotopic (exact) mass is 472 g/mol. The average Bonchev–Trinajstić information content (AvgIpc) is 3.39. The Balaban J connectivity index is 1.52. The molecule has 0 radical (unpaired) electrons. The van der Waals surface area contributed by atoms with Gasteiger partial charge in [-0.2, -0.15) is 0 Å². The van der Waals surface area contributed by atoms with Gasteiger partial charge in [0.1, 0.15) is 28.1 Å². The first kappa shape index (κ1) is 21.3. The lowest BCUT2D eigenvalue weighted by molar-refractivity contribution is 0.415. The van der Waals surface area contributed by atoms with E-state index in [4.69, 9.17) is 13.6 Å². The fraction of sp³-hybridized carbons (Fsp3) is 0.212. The first-order chi connectivity index (χ1) is 17.4. The van der Waals surface area contributed by atoms with Crippen molar-refractivity contribution in [2.24, 2.45) is 0 Å². The maximum atomic E-state index is 6.46. The molecule has 2 aromatic heterocycles. The maximum absolute atomic E-state index is 6.46. The van der Waals surface area contributed by atoms with Crippen molar-refractivity contribution >= 4 is 65.4 Å². The van der Waals surface area contributed by atoms with Crippen molar-refractivity contribution in [2.75, 3.05) is 7.11 Å². The van der Waals surface area contributed by atoms with E-state index in [1.54, 1.807) is 7.11 Å². The van der Waals surface area contributed by atoms with Gasteiger partial charge < -0.3 is 13.6 Å². The van der Waals surface area contributed by atoms with E-state index in [2.05, 4.69) is 88.4 Å². The third kappa shape index (κ3) is 3.05. The summed E-state index contributed by atoms with van der Waals surface area (Å²) >= 11 is 0. The molecule has 5 aromatic carbocycles. The number of ether oxygens (including phenoxy) is 1. The van der Waals surface area contributed by atoms with E-state index in [0.29, 0.717) is 11.8 Å². The van der Waals surface area contributed by atoms with E-state index in [0.717, 1.165) is 60.4 Å². The van der Waals surface area contributed by atoms with Crippen LogP contribution in [0, 0.1) is 0 Å². The zero-order valence-electron chi connectivity index (χ0n) is 21.2. The molecular weight excluding hydrogens is 444 g/mol. The molecule has 0 bridgehead atoms. The zero-order valence-corrected chi connectivity index (χ0v) is 21.2. The zero-order chi connectivity index (χ0) is 24.7. The van der Waals surface area contributed by atoms with Gasteiger partial charge in [-0.3, -0.25) is 0 Å². The predicted octanol–water partition coefficient (Wildman–Crippen LogP) is 10.0. The minimum absolute atomic E-state index is 0.440. The summed E-state index contributed by atoms with van der Waals surface area (Å²) in [6.07, 6.45) is 0. The van der Waals surface area contributed by atoms with Crippen LogP contribution < -0.4 is 4.74 Å². The van der Waals surface area contributed by atoms with Gasteiger partial charge >= 0.3 is 0 Å². The van der Waals surface area contributed by atoms with Crippen molar-refractivity contribution in [3.8, 4) is 5.75 Å². The molecule has 7 aromatic rings. The molecule has 0 amide bonds. The van der Waals surface area contributed by atoms with E-state index in [-0.39, 0.29) is 0 Å². The van der Waals surface area contributed by atoms with Gasteiger partial charge in [0.2, 0.25) is 0 Å². The second-order valence-electron chi connectivity index (χ2n) is 10.6. The Labute approximate surface area is 209 Å². The summed E-state index contributed by atoms with van der Waals surface area (Å²) in [5, 5.41) is 9.17. The molecule has 36 heavy (non-hydrogen) atoms. The minimum atomic E-state index is 0.440. The van der Waals surface area contributed by atoms with Gasteiger partial charge in [0, 0.05) is 21.5 Å². The standard InChI is InChI=1S/C33H28O3/c1-17(2)20-8-22-12-27-29-16-32-28(15-33(29)36-31(27)14-25(22)24(10-20)18(3)4)26-11-21-9-23(34-5)7-6-19(21)13-30(26)35-32/h6-18H,1-5H3. The molecule has 2 heterocycles. The van der Waals surface area contributed by atoms with E-state index >= 15 is 0 Å². The molecule has 0 spiro atoms. The molecule has 0 aliphatic rings. The van der Waals surface area contributed by atoms with E-state index < -0.39 is 0 Å². The summed E-state index contributed by atoms with van der Waals surface area (Å²) in [4.78, 5) is 0. The summed E-state index contributed by atoms with van der Waals surface area (Å²) in [5.41, 5.74) is 6.32. The summed E-state index contributed by atoms with van der Waals surface area (Å²) in [5.74, 6) is 1.77. The van der Waals surface area contributed by atoms with E-state index in [9.17, 15) is 0 Å². The van der Waals surface area contributed by atoms with Crippen LogP contribution >= 0.6 is 0 Å². The van der Waals surface area contributed by atoms with E-state index in [1.165, 1.54) is 21.9 Å². The van der Waals surface area contributed by atoms with Gasteiger partial charge in [-0.05, 0) is 93.0 Å². The second-order valence-corrected chi connectivity index (χ2v) is 10.6. The van der Waals surface area contributed by atoms with Crippen LogP contribution in [0.4, 0.5) is 0 Å². The van der Waals surface area contributed by atoms with Crippen LogP contribution in [0.15, 0.2) is 75.6 Å². The first-order valence-electron chi connectivity index (χ1n) is 12.7. The molecule has 0 N–H and O–H groups in total. The Morgan fingerprint density at radius 1 is 0.528 bits per heavy atom. The van der Waals surface area contributed by atoms with Crippen LogP contribution in [0.5, 0.6) is 5.75 Å². The van der Waals surface area contributed by atoms with Crippen molar-refractivity contribution in [3.63, 3.8) is 0 Å². The van der Waals surface area contributed by atoms with Gasteiger partial charge in [-0.25, -0.2) is 0 Å². The van der Waals surface area contributed by atoms with Gasteiger partial charge in [0.15, 0.2) is 0 Å². The Morgan fingerprint density at radius 3 is 1.72 bits per heavy atom. The second kappa shape index (κ2) is 7.51. The predicted molar refractivity (Wildman–Crippen MR) is 151 cm³/mol. The summed E-state index contributed by atoms with van der Waals surface area (Å²) in [6, 6.07) is 23.9. The maximum Gasteiger partial charge on any atom is 0.136 e. The highest BCUT2D eigenvalue weighted by molar-refractivity contribution is 6.18. The number of methoxy groups -OCH3 is 1. The molecule has 0 saturated heterocycles. The van der Waals surface area contributed by atoms with Crippen molar-refractivity contribution < 1.29 is 13.6 Å². The quantitative estimate of drug-likeness (QED) is 0.257. The molecule has 3 heteroatoms. The van der Waals surface area contributed by atoms with Crippen LogP contribution in [-0.4, -0.2) is 7.11 Å². The lowest BCUT2D eigenvalue weighted by atomic mass is 9.89. The third-order valence-corrected chi connectivity index (χ3v) is 7.64. The SMILES string of the molecule is COc1ccc2cc3oc4cc5c(cc4c3cc2c1)oc1cc2c(C(C)C)cc(C(C)C)cc2cc15. The molecule has 178 valence electrons. The molecule has 3 nitrogen and oxygen atoms in total. The smallest absolute Gasteiger partial charge is 0.136 e. The van der Waals surface area contributed by atoms with Crippen LogP contribution in [0.2, 0.25) is 0 Å².